The number of rotatable bonds is 7. The second kappa shape index (κ2) is 9.52. The summed E-state index contributed by atoms with van der Waals surface area (Å²) in [6.45, 7) is 8.31. The maximum atomic E-state index is 12.9. The van der Waals surface area contributed by atoms with Crippen LogP contribution in [0.2, 0.25) is 0 Å². The lowest BCUT2D eigenvalue weighted by molar-refractivity contribution is -0.155. The van der Waals surface area contributed by atoms with E-state index < -0.39 is 16.0 Å². The Bertz CT molecular complexity index is 781. The van der Waals surface area contributed by atoms with Crippen molar-refractivity contribution in [1.82, 2.24) is 9.21 Å². The van der Waals surface area contributed by atoms with Crippen LogP contribution in [-0.4, -0.2) is 62.3 Å². The highest BCUT2D eigenvalue weighted by Gasteiger charge is 2.30. The number of esters is 1. The average Bonchev–Trinajstić information content (AvgIpc) is 2.71. The monoisotopic (exact) mass is 410 g/mol. The Hall–Kier alpha value is -1.93. The van der Waals surface area contributed by atoms with Crippen molar-refractivity contribution in [3.05, 3.63) is 29.8 Å². The molecule has 0 N–H and O–H groups in total. The van der Waals surface area contributed by atoms with Gasteiger partial charge in [0.15, 0.2) is 6.61 Å². The van der Waals surface area contributed by atoms with Gasteiger partial charge in [-0.05, 0) is 30.0 Å². The van der Waals surface area contributed by atoms with Gasteiger partial charge in [0.05, 0.1) is 10.8 Å². The van der Waals surface area contributed by atoms with Crippen LogP contribution >= 0.6 is 0 Å². The molecule has 156 valence electrons. The van der Waals surface area contributed by atoms with Crippen LogP contribution in [-0.2, 0) is 24.3 Å². The van der Waals surface area contributed by atoms with Gasteiger partial charge in [-0.25, -0.2) is 8.42 Å². The highest BCUT2D eigenvalue weighted by Crippen LogP contribution is 2.23. The van der Waals surface area contributed by atoms with Crippen LogP contribution in [0, 0.1) is 5.92 Å². The van der Waals surface area contributed by atoms with Crippen molar-refractivity contribution in [3.63, 3.8) is 0 Å². The number of hydrogen-bond donors (Lipinski definition) is 0. The fourth-order valence-electron chi connectivity index (χ4n) is 2.92. The van der Waals surface area contributed by atoms with Crippen molar-refractivity contribution in [2.45, 2.75) is 44.9 Å². The zero-order valence-corrected chi connectivity index (χ0v) is 17.9. The fraction of sp³-hybridized carbons (Fsp3) is 0.600. The number of amides is 1. The molecule has 1 aromatic carbocycles. The molecular weight excluding hydrogens is 380 g/mol. The predicted molar refractivity (Wildman–Crippen MR) is 106 cm³/mol. The van der Waals surface area contributed by atoms with Crippen LogP contribution in [0.5, 0.6) is 0 Å². The number of hydrogen-bond acceptors (Lipinski definition) is 5. The quantitative estimate of drug-likeness (QED) is 0.644. The van der Waals surface area contributed by atoms with Crippen LogP contribution in [0.25, 0.3) is 0 Å². The van der Waals surface area contributed by atoms with Gasteiger partial charge >= 0.3 is 5.97 Å². The molecule has 1 fully saturated rings. The van der Waals surface area contributed by atoms with E-state index in [1.807, 2.05) is 12.1 Å². The van der Waals surface area contributed by atoms with E-state index in [1.165, 1.54) is 9.21 Å². The Kier molecular flexibility index (Phi) is 7.60. The number of carbonyl (C=O) groups excluding carboxylic acids is 2. The van der Waals surface area contributed by atoms with Gasteiger partial charge < -0.3 is 9.64 Å². The lowest BCUT2D eigenvalue weighted by Crippen LogP contribution is -2.51. The third-order valence-corrected chi connectivity index (χ3v) is 7.01. The van der Waals surface area contributed by atoms with Crippen molar-refractivity contribution < 1.29 is 22.7 Å². The Morgan fingerprint density at radius 1 is 1.04 bits per heavy atom. The molecule has 0 saturated carbocycles. The number of ether oxygens (including phenoxy) is 1. The molecule has 0 radical (unpaired) electrons. The highest BCUT2D eigenvalue weighted by atomic mass is 32.2. The Labute approximate surface area is 167 Å². The molecule has 0 aliphatic carbocycles. The van der Waals surface area contributed by atoms with Crippen molar-refractivity contribution in [2.24, 2.45) is 5.92 Å². The van der Waals surface area contributed by atoms with Gasteiger partial charge in [-0.3, -0.25) is 9.59 Å². The smallest absolute Gasteiger partial charge is 0.308 e. The Balaban J connectivity index is 1.94. The summed E-state index contributed by atoms with van der Waals surface area (Å²) in [5, 5.41) is 0. The topological polar surface area (TPSA) is 84.0 Å². The Morgan fingerprint density at radius 3 is 2.11 bits per heavy atom. The van der Waals surface area contributed by atoms with Crippen molar-refractivity contribution in [3.8, 4) is 0 Å². The minimum Gasteiger partial charge on any atom is -0.455 e. The summed E-state index contributed by atoms with van der Waals surface area (Å²) >= 11 is 0. The molecular formula is C20H30N2O5S. The van der Waals surface area contributed by atoms with E-state index in [0.29, 0.717) is 5.92 Å². The number of carbonyl (C=O) groups is 2. The molecule has 0 unspecified atom stereocenters. The maximum Gasteiger partial charge on any atom is 0.308 e. The van der Waals surface area contributed by atoms with Gasteiger partial charge in [0, 0.05) is 26.2 Å². The fourth-order valence-corrected chi connectivity index (χ4v) is 4.34. The summed E-state index contributed by atoms with van der Waals surface area (Å²) in [6.07, 6.45) is 0.995. The first kappa shape index (κ1) is 22.4. The molecule has 0 spiro atoms. The molecule has 1 heterocycles. The molecule has 1 saturated heterocycles. The molecule has 1 amide bonds. The predicted octanol–water partition coefficient (Wildman–Crippen LogP) is 2.23. The zero-order chi connectivity index (χ0) is 20.9. The van der Waals surface area contributed by atoms with Crippen LogP contribution < -0.4 is 0 Å². The van der Waals surface area contributed by atoms with Crippen molar-refractivity contribution in [2.75, 3.05) is 32.8 Å². The summed E-state index contributed by atoms with van der Waals surface area (Å²) in [7, 11) is -3.59. The summed E-state index contributed by atoms with van der Waals surface area (Å²) in [5.74, 6) is -0.628. The van der Waals surface area contributed by atoms with E-state index in [1.54, 1.807) is 26.0 Å². The third-order valence-electron chi connectivity index (χ3n) is 5.10. The molecule has 8 heteroatoms. The second-order valence-corrected chi connectivity index (χ2v) is 9.36. The number of piperazine rings is 1. The first-order valence-corrected chi connectivity index (χ1v) is 11.1. The lowest BCUT2D eigenvalue weighted by atomic mass is 9.99. The van der Waals surface area contributed by atoms with E-state index in [0.717, 1.165) is 12.0 Å². The van der Waals surface area contributed by atoms with Gasteiger partial charge in [0.1, 0.15) is 0 Å². The van der Waals surface area contributed by atoms with Gasteiger partial charge in [-0.15, -0.1) is 0 Å². The normalized spacial score (nSPS) is 16.8. The SMILES string of the molecule is CC[C@@H](C)c1ccc(S(=O)(=O)N2CCN(C(=O)COC(=O)C(C)C)CC2)cc1. The minimum absolute atomic E-state index is 0.222. The summed E-state index contributed by atoms with van der Waals surface area (Å²) < 4.78 is 32.1. The highest BCUT2D eigenvalue weighted by molar-refractivity contribution is 7.89. The molecule has 1 aliphatic heterocycles. The first-order valence-electron chi connectivity index (χ1n) is 9.71. The van der Waals surface area contributed by atoms with Crippen LogP contribution in [0.15, 0.2) is 29.2 Å². The molecule has 1 atom stereocenters. The Morgan fingerprint density at radius 2 is 1.61 bits per heavy atom. The first-order chi connectivity index (χ1) is 13.2. The van der Waals surface area contributed by atoms with Gasteiger partial charge in [0.2, 0.25) is 10.0 Å². The van der Waals surface area contributed by atoms with Crippen molar-refractivity contribution in [1.29, 1.82) is 0 Å². The van der Waals surface area contributed by atoms with E-state index in [2.05, 4.69) is 13.8 Å². The third kappa shape index (κ3) is 5.32. The van der Waals surface area contributed by atoms with Crippen LogP contribution in [0.4, 0.5) is 0 Å². The molecule has 28 heavy (non-hydrogen) atoms. The van der Waals surface area contributed by atoms with Gasteiger partial charge in [-0.1, -0.05) is 39.8 Å². The molecule has 0 bridgehead atoms. The number of nitrogens with zero attached hydrogens (tertiary/aromatic N) is 2. The lowest BCUT2D eigenvalue weighted by Gasteiger charge is -2.34. The number of benzene rings is 1. The summed E-state index contributed by atoms with van der Waals surface area (Å²) in [4.78, 5) is 25.4. The maximum absolute atomic E-state index is 12.9. The average molecular weight is 411 g/mol. The molecule has 1 aromatic rings. The minimum atomic E-state index is -3.59. The van der Waals surface area contributed by atoms with Crippen LogP contribution in [0.1, 0.15) is 45.6 Å². The van der Waals surface area contributed by atoms with Gasteiger partial charge in [0.25, 0.3) is 5.91 Å². The van der Waals surface area contributed by atoms with E-state index in [-0.39, 0.29) is 49.5 Å². The van der Waals surface area contributed by atoms with Gasteiger partial charge in [-0.2, -0.15) is 4.31 Å². The second-order valence-electron chi connectivity index (χ2n) is 7.43. The summed E-state index contributed by atoms with van der Waals surface area (Å²) in [5.41, 5.74) is 1.12. The molecule has 1 aliphatic rings. The molecule has 7 nitrogen and oxygen atoms in total. The van der Waals surface area contributed by atoms with Crippen molar-refractivity contribution >= 4 is 21.9 Å². The zero-order valence-electron chi connectivity index (χ0n) is 17.1. The van der Waals surface area contributed by atoms with E-state index in [4.69, 9.17) is 4.74 Å². The molecule has 2 rings (SSSR count). The molecule has 0 aromatic heterocycles. The summed E-state index contributed by atoms with van der Waals surface area (Å²) in [6, 6.07) is 7.03. The largest absolute Gasteiger partial charge is 0.455 e. The van der Waals surface area contributed by atoms with E-state index in [9.17, 15) is 18.0 Å². The standard InChI is InChI=1S/C20H30N2O5S/c1-5-16(4)17-6-8-18(9-7-17)28(25,26)22-12-10-21(11-13-22)19(23)14-27-20(24)15(2)3/h6-9,15-16H,5,10-14H2,1-4H3/t16-/m1/s1. The van der Waals surface area contributed by atoms with E-state index >= 15 is 0 Å². The van der Waals surface area contributed by atoms with Crippen LogP contribution in [0.3, 0.4) is 0 Å². The number of sulfonamides is 1.